The molecule has 0 fully saturated rings. The molecule has 0 bridgehead atoms. The van der Waals surface area contributed by atoms with Crippen LogP contribution in [0, 0.1) is 34.0 Å². The molecule has 19 heavy (non-hydrogen) atoms. The molecule has 7 heteroatoms. The Bertz CT molecular complexity index is 534. The second-order valence-corrected chi connectivity index (χ2v) is 3.48. The Morgan fingerprint density at radius 3 is 2.11 bits per heavy atom. The van der Waals surface area contributed by atoms with Gasteiger partial charge in [0.2, 0.25) is 0 Å². The summed E-state index contributed by atoms with van der Waals surface area (Å²) in [6.07, 6.45) is 0. The molecule has 0 spiro atoms. The van der Waals surface area contributed by atoms with Gasteiger partial charge in [0.25, 0.3) is 5.91 Å². The first-order valence-corrected chi connectivity index (χ1v) is 5.61. The number of nitrogens with zero attached hydrogens (tertiary/aromatic N) is 3. The normalized spacial score (nSPS) is 16.3. The first kappa shape index (κ1) is 14.5. The van der Waals surface area contributed by atoms with Crippen molar-refractivity contribution in [3.8, 4) is 18.2 Å². The van der Waals surface area contributed by atoms with Gasteiger partial charge in [0.1, 0.15) is 35.2 Å². The Kier molecular flexibility index (Phi) is 4.50. The molecular weight excluding hydrogens is 246 g/mol. The van der Waals surface area contributed by atoms with Crippen LogP contribution in [0.3, 0.4) is 0 Å². The van der Waals surface area contributed by atoms with Gasteiger partial charge in [-0.25, -0.2) is 0 Å². The Labute approximate surface area is 111 Å². The summed E-state index contributed by atoms with van der Waals surface area (Å²) in [6.45, 7) is 3.93. The van der Waals surface area contributed by atoms with Crippen LogP contribution < -0.4 is 11.1 Å². The molecule has 0 aromatic carbocycles. The van der Waals surface area contributed by atoms with E-state index in [1.807, 2.05) is 6.07 Å². The smallest absolute Gasteiger partial charge is 0.282 e. The summed E-state index contributed by atoms with van der Waals surface area (Å²) in [4.78, 5) is 0. The molecule has 0 aliphatic carbocycles. The van der Waals surface area contributed by atoms with E-state index >= 15 is 0 Å². The number of hydrogen-bond acceptors (Lipinski definition) is 7. The summed E-state index contributed by atoms with van der Waals surface area (Å²) in [6, 6.07) is 5.31. The first-order chi connectivity index (χ1) is 9.10. The lowest BCUT2D eigenvalue weighted by Gasteiger charge is -2.30. The Morgan fingerprint density at radius 1 is 1.21 bits per heavy atom. The number of nitriles is 3. The zero-order valence-corrected chi connectivity index (χ0v) is 10.6. The molecule has 7 nitrogen and oxygen atoms in total. The van der Waals surface area contributed by atoms with Gasteiger partial charge in [-0.3, -0.25) is 0 Å². The van der Waals surface area contributed by atoms with Crippen molar-refractivity contribution in [1.82, 2.24) is 5.32 Å². The number of nitrogens with two attached hydrogens (primary N) is 1. The molecule has 0 saturated carbocycles. The van der Waals surface area contributed by atoms with Crippen LogP contribution >= 0.6 is 0 Å². The second kappa shape index (κ2) is 5.88. The van der Waals surface area contributed by atoms with Gasteiger partial charge in [-0.05, 0) is 13.8 Å². The predicted molar refractivity (Wildman–Crippen MR) is 64.2 cm³/mol. The first-order valence-electron chi connectivity index (χ1n) is 5.61. The van der Waals surface area contributed by atoms with E-state index in [0.717, 1.165) is 0 Å². The highest BCUT2D eigenvalue weighted by Crippen LogP contribution is 2.36. The SMILES string of the molecule is CCOC1(OCC)NC(N)=C(C#N)C1=C(C#N)C#N. The maximum absolute atomic E-state index is 9.12. The van der Waals surface area contributed by atoms with Crippen molar-refractivity contribution >= 4 is 0 Å². The largest absolute Gasteiger partial charge is 0.384 e. The topological polar surface area (TPSA) is 128 Å². The fourth-order valence-electron chi connectivity index (χ4n) is 1.81. The minimum Gasteiger partial charge on any atom is -0.384 e. The summed E-state index contributed by atoms with van der Waals surface area (Å²) >= 11 is 0. The van der Waals surface area contributed by atoms with Gasteiger partial charge >= 0.3 is 0 Å². The van der Waals surface area contributed by atoms with Crippen LogP contribution in [0.1, 0.15) is 13.8 Å². The van der Waals surface area contributed by atoms with E-state index in [9.17, 15) is 0 Å². The van der Waals surface area contributed by atoms with Crippen LogP contribution in [-0.4, -0.2) is 19.1 Å². The molecule has 1 heterocycles. The highest BCUT2D eigenvalue weighted by atomic mass is 16.7. The zero-order chi connectivity index (χ0) is 14.5. The van der Waals surface area contributed by atoms with Gasteiger partial charge in [-0.15, -0.1) is 0 Å². The molecule has 3 N–H and O–H groups in total. The van der Waals surface area contributed by atoms with Crippen LogP contribution in [0.5, 0.6) is 0 Å². The molecule has 1 aliphatic heterocycles. The Hall–Kier alpha value is -2.53. The van der Waals surface area contributed by atoms with E-state index in [-0.39, 0.29) is 35.8 Å². The number of nitrogens with one attached hydrogen (secondary N) is 1. The van der Waals surface area contributed by atoms with E-state index in [2.05, 4.69) is 5.32 Å². The molecule has 1 rings (SSSR count). The Balaban J connectivity index is 3.54. The molecule has 98 valence electrons. The lowest BCUT2D eigenvalue weighted by molar-refractivity contribution is -0.216. The number of allylic oxidation sites excluding steroid dienone is 1. The summed E-state index contributed by atoms with van der Waals surface area (Å²) in [5.74, 6) is -1.54. The van der Waals surface area contributed by atoms with Gasteiger partial charge in [0, 0.05) is 13.2 Å². The second-order valence-electron chi connectivity index (χ2n) is 3.48. The molecule has 0 atom stereocenters. The monoisotopic (exact) mass is 259 g/mol. The van der Waals surface area contributed by atoms with Gasteiger partial charge in [0.15, 0.2) is 0 Å². The quantitative estimate of drug-likeness (QED) is 0.550. The average molecular weight is 259 g/mol. The van der Waals surface area contributed by atoms with E-state index in [4.69, 9.17) is 31.0 Å². The highest BCUT2D eigenvalue weighted by Gasteiger charge is 2.47. The third-order valence-corrected chi connectivity index (χ3v) is 2.43. The predicted octanol–water partition coefficient (Wildman–Crippen LogP) is 0.354. The lowest BCUT2D eigenvalue weighted by atomic mass is 10.0. The average Bonchev–Trinajstić information content (AvgIpc) is 2.65. The third kappa shape index (κ3) is 2.36. The molecule has 0 radical (unpaired) electrons. The molecule has 0 aromatic heterocycles. The van der Waals surface area contributed by atoms with Crippen molar-refractivity contribution < 1.29 is 9.47 Å². The minimum atomic E-state index is -1.56. The number of ether oxygens (including phenoxy) is 2. The van der Waals surface area contributed by atoms with Crippen LogP contribution in [0.15, 0.2) is 22.5 Å². The van der Waals surface area contributed by atoms with Crippen molar-refractivity contribution in [1.29, 1.82) is 15.8 Å². The maximum Gasteiger partial charge on any atom is 0.282 e. The van der Waals surface area contributed by atoms with E-state index in [0.29, 0.717) is 0 Å². The highest BCUT2D eigenvalue weighted by molar-refractivity contribution is 5.61. The fraction of sp³-hybridized carbons (Fsp3) is 0.417. The van der Waals surface area contributed by atoms with Crippen molar-refractivity contribution in [2.24, 2.45) is 5.73 Å². The molecule has 0 saturated heterocycles. The fourth-order valence-corrected chi connectivity index (χ4v) is 1.81. The van der Waals surface area contributed by atoms with Crippen molar-refractivity contribution in [3.63, 3.8) is 0 Å². The minimum absolute atomic E-state index is 0.0139. The van der Waals surface area contributed by atoms with Crippen LogP contribution in [0.25, 0.3) is 0 Å². The van der Waals surface area contributed by atoms with E-state index in [1.54, 1.807) is 26.0 Å². The van der Waals surface area contributed by atoms with Gasteiger partial charge in [-0.1, -0.05) is 0 Å². The van der Waals surface area contributed by atoms with Crippen LogP contribution in [-0.2, 0) is 9.47 Å². The van der Waals surface area contributed by atoms with Crippen molar-refractivity contribution in [2.75, 3.05) is 13.2 Å². The Morgan fingerprint density at radius 2 is 1.74 bits per heavy atom. The standard InChI is InChI=1S/C12H13N5O2/c1-3-18-12(19-4-2)10(8(5-13)6-14)9(7-15)11(16)17-12/h17H,3-4,16H2,1-2H3. The maximum atomic E-state index is 9.12. The third-order valence-electron chi connectivity index (χ3n) is 2.43. The van der Waals surface area contributed by atoms with Gasteiger partial charge in [0.05, 0.1) is 5.57 Å². The molecule has 1 aliphatic rings. The number of rotatable bonds is 4. The van der Waals surface area contributed by atoms with Crippen LogP contribution in [0.4, 0.5) is 0 Å². The number of hydrogen-bond donors (Lipinski definition) is 2. The molecular formula is C12H13N5O2. The van der Waals surface area contributed by atoms with Crippen molar-refractivity contribution in [3.05, 3.63) is 22.5 Å². The van der Waals surface area contributed by atoms with Crippen LogP contribution in [0.2, 0.25) is 0 Å². The summed E-state index contributed by atoms with van der Waals surface area (Å²) < 4.78 is 10.9. The molecule has 0 unspecified atom stereocenters. The summed E-state index contributed by atoms with van der Waals surface area (Å²) in [5.41, 5.74) is 5.44. The van der Waals surface area contributed by atoms with E-state index < -0.39 is 5.91 Å². The van der Waals surface area contributed by atoms with Gasteiger partial charge < -0.3 is 20.5 Å². The molecule has 0 amide bonds. The summed E-state index contributed by atoms with van der Waals surface area (Å²) in [7, 11) is 0. The summed E-state index contributed by atoms with van der Waals surface area (Å²) in [5, 5.41) is 29.8. The van der Waals surface area contributed by atoms with Gasteiger partial charge in [-0.2, -0.15) is 15.8 Å². The van der Waals surface area contributed by atoms with E-state index in [1.165, 1.54) is 0 Å². The van der Waals surface area contributed by atoms with Crippen molar-refractivity contribution in [2.45, 2.75) is 19.8 Å². The lowest BCUT2D eigenvalue weighted by Crippen LogP contribution is -2.49. The molecule has 0 aromatic rings. The zero-order valence-electron chi connectivity index (χ0n) is 10.6.